The first-order valence-electron chi connectivity index (χ1n) is 23.7. The van der Waals surface area contributed by atoms with E-state index in [0.717, 1.165) is 57.9 Å². The maximum atomic E-state index is 13.0. The molecule has 4 aromatic heterocycles. The number of carbonyl (C=O) groups excluding carboxylic acids is 1. The van der Waals surface area contributed by atoms with Crippen LogP contribution in [0.3, 0.4) is 0 Å². The Morgan fingerprint density at radius 1 is 0.548 bits per heavy atom. The quantitative estimate of drug-likeness (QED) is 0.0571. The van der Waals surface area contributed by atoms with Gasteiger partial charge in [-0.05, 0) is 162 Å². The summed E-state index contributed by atoms with van der Waals surface area (Å²) in [6.07, 6.45) is 1.30. The maximum Gasteiger partial charge on any atom is 0.433 e. The summed E-state index contributed by atoms with van der Waals surface area (Å²) in [6.45, 7) is 7.20. The van der Waals surface area contributed by atoms with Gasteiger partial charge in [-0.1, -0.05) is 24.3 Å². The van der Waals surface area contributed by atoms with Crippen molar-refractivity contribution in [2.45, 2.75) is 103 Å². The first-order chi connectivity index (χ1) is 34.4. The molecule has 2 saturated carbocycles. The van der Waals surface area contributed by atoms with E-state index in [0.29, 0.717) is 74.1 Å². The molecule has 4 heterocycles. The number of hydrogen-bond acceptors (Lipinski definition) is 13. The van der Waals surface area contributed by atoms with E-state index in [1.807, 2.05) is 38.1 Å². The molecule has 20 heteroatoms. The lowest BCUT2D eigenvalue weighted by atomic mass is 9.73. The number of anilines is 4. The van der Waals surface area contributed by atoms with Crippen LogP contribution >= 0.6 is 0 Å². The fourth-order valence-corrected chi connectivity index (χ4v) is 9.56. The summed E-state index contributed by atoms with van der Waals surface area (Å²) in [5.74, 6) is -1.92. The lowest BCUT2D eigenvalue weighted by Crippen LogP contribution is -2.36. The van der Waals surface area contributed by atoms with E-state index in [2.05, 4.69) is 40.5 Å². The van der Waals surface area contributed by atoms with Crippen LogP contribution in [-0.2, 0) is 37.9 Å². The minimum absolute atomic E-state index is 0.0333. The van der Waals surface area contributed by atoms with Crippen LogP contribution in [0, 0.1) is 37.5 Å². The van der Waals surface area contributed by atoms with Gasteiger partial charge in [-0.2, -0.15) is 26.3 Å². The Morgan fingerprint density at radius 2 is 0.945 bits per heavy atom. The van der Waals surface area contributed by atoms with E-state index in [-0.39, 0.29) is 41.5 Å². The van der Waals surface area contributed by atoms with Gasteiger partial charge < -0.3 is 30.7 Å². The van der Waals surface area contributed by atoms with Crippen LogP contribution in [0.1, 0.15) is 99.1 Å². The van der Waals surface area contributed by atoms with Crippen molar-refractivity contribution in [1.82, 2.24) is 29.9 Å². The van der Waals surface area contributed by atoms with Gasteiger partial charge in [0.25, 0.3) is 0 Å². The zero-order valence-electron chi connectivity index (χ0n) is 40.7. The zero-order valence-corrected chi connectivity index (χ0v) is 40.7. The number of aryl methyl sites for hydroxylation is 2. The highest BCUT2D eigenvalue weighted by molar-refractivity contribution is 5.73. The average molecular weight is 1020 g/mol. The number of benzene rings is 2. The van der Waals surface area contributed by atoms with Gasteiger partial charge in [-0.25, -0.2) is 19.9 Å². The average Bonchev–Trinajstić information content (AvgIpc) is 3.36. The van der Waals surface area contributed by atoms with Crippen molar-refractivity contribution in [3.05, 3.63) is 131 Å². The van der Waals surface area contributed by atoms with Gasteiger partial charge in [0.05, 0.1) is 30.3 Å². The molecule has 8 rings (SSSR count). The predicted molar refractivity (Wildman–Crippen MR) is 259 cm³/mol. The number of pyridine rings is 2. The first-order valence-corrected chi connectivity index (χ1v) is 23.7. The number of carboxylic acids is 1. The first kappa shape index (κ1) is 53.7. The van der Waals surface area contributed by atoms with Crippen LogP contribution in [0.15, 0.2) is 97.6 Å². The summed E-state index contributed by atoms with van der Waals surface area (Å²) in [4.78, 5) is 47.0. The van der Waals surface area contributed by atoms with E-state index >= 15 is 0 Å². The topological polar surface area (TPSA) is 205 Å². The lowest BCUT2D eigenvalue weighted by Gasteiger charge is -2.37. The van der Waals surface area contributed by atoms with E-state index in [1.54, 1.807) is 62.6 Å². The number of nitrogens with zero attached hydrogens (tertiary/aromatic N) is 6. The van der Waals surface area contributed by atoms with Gasteiger partial charge in [-0.15, -0.1) is 0 Å². The molecule has 0 radical (unpaired) electrons. The van der Waals surface area contributed by atoms with Crippen LogP contribution in [0.25, 0.3) is 22.3 Å². The van der Waals surface area contributed by atoms with E-state index < -0.39 is 40.9 Å². The summed E-state index contributed by atoms with van der Waals surface area (Å²) < 4.78 is 82.8. The highest BCUT2D eigenvalue weighted by atomic mass is 19.4. The molecule has 2 aliphatic rings. The third kappa shape index (κ3) is 13.3. The Labute approximate surface area is 417 Å². The van der Waals surface area contributed by atoms with Gasteiger partial charge in [0, 0.05) is 47.3 Å². The summed E-state index contributed by atoms with van der Waals surface area (Å²) in [7, 11) is 1.39. The third-order valence-electron chi connectivity index (χ3n) is 13.7. The number of aromatic nitrogens is 6. The van der Waals surface area contributed by atoms with Crippen molar-refractivity contribution in [1.29, 1.82) is 0 Å². The zero-order chi connectivity index (χ0) is 52.9. The highest BCUT2D eigenvalue weighted by Gasteiger charge is 2.41. The Balaban J connectivity index is 0.000000214. The molecule has 0 aliphatic heterocycles. The summed E-state index contributed by atoms with van der Waals surface area (Å²) in [5.41, 5.74) is 2.58. The van der Waals surface area contributed by atoms with Gasteiger partial charge in [0.15, 0.2) is 0 Å². The standard InChI is InChI=1S/C27H29F3N4O3.C26H27F3N4O3/c1-16-12-19(14-21(13-16)33-25-31-11-10-23(34-25)27(28,29)30)18-6-9-22(32-15-18)26(2,36)20-7-4-17(5-8-20)24(35)37-3;1-15-11-18(13-20(12-15)32-24-30-10-9-22(33-24)26(27,28)29)17-5-8-21(31-14-17)25(2,36)19-6-3-16(4-7-19)23(34)35/h6,9-15,17,20,36H,4-5,7-8H2,1-3H3,(H,31,33,34);5,8-14,16,19,36H,3-4,6-7H2,1-2H3,(H,34,35)(H,30,32,33). The number of alkyl halides is 6. The monoisotopic (exact) mass is 1010 g/mol. The molecule has 2 atom stereocenters. The number of nitrogens with one attached hydrogen (secondary N) is 2. The fourth-order valence-electron chi connectivity index (χ4n) is 9.56. The Morgan fingerprint density at radius 3 is 1.29 bits per heavy atom. The molecule has 2 aromatic carbocycles. The number of hydrogen-bond donors (Lipinski definition) is 5. The minimum Gasteiger partial charge on any atom is -0.481 e. The lowest BCUT2D eigenvalue weighted by molar-refractivity contribution is -0.148. The molecule has 0 saturated heterocycles. The molecule has 0 spiro atoms. The molecule has 2 aliphatic carbocycles. The molecule has 0 bridgehead atoms. The third-order valence-corrected chi connectivity index (χ3v) is 13.7. The van der Waals surface area contributed by atoms with Gasteiger partial charge >= 0.3 is 24.3 Å². The number of aliphatic hydroxyl groups is 2. The van der Waals surface area contributed by atoms with Crippen molar-refractivity contribution in [3.8, 4) is 22.3 Å². The number of esters is 1. The van der Waals surface area contributed by atoms with Crippen LogP contribution in [0.4, 0.5) is 49.6 Å². The Kier molecular flexibility index (Phi) is 16.2. The van der Waals surface area contributed by atoms with Crippen LogP contribution in [0.2, 0.25) is 0 Å². The fraction of sp³-hybridized carbons (Fsp3) is 0.396. The summed E-state index contributed by atoms with van der Waals surface area (Å²) >= 11 is 0. The van der Waals surface area contributed by atoms with Gasteiger partial charge in [0.2, 0.25) is 11.9 Å². The number of rotatable bonds is 12. The molecule has 0 amide bonds. The second-order valence-corrected chi connectivity index (χ2v) is 19.1. The highest BCUT2D eigenvalue weighted by Crippen LogP contribution is 2.43. The maximum absolute atomic E-state index is 13.0. The van der Waals surface area contributed by atoms with Crippen molar-refractivity contribution >= 4 is 35.2 Å². The second-order valence-electron chi connectivity index (χ2n) is 19.1. The molecular weight excluding hydrogens is 959 g/mol. The van der Waals surface area contributed by atoms with E-state index in [1.165, 1.54) is 7.11 Å². The van der Waals surface area contributed by atoms with Crippen LogP contribution < -0.4 is 10.6 Å². The van der Waals surface area contributed by atoms with Gasteiger partial charge in [0.1, 0.15) is 22.6 Å². The second kappa shape index (κ2) is 22.0. The Hall–Kier alpha value is -7.06. The van der Waals surface area contributed by atoms with E-state index in [9.17, 15) is 51.3 Å². The molecule has 6 aromatic rings. The smallest absolute Gasteiger partial charge is 0.433 e. The number of methoxy groups -OCH3 is 1. The SMILES string of the molecule is COC(=O)C1CCC(C(C)(O)c2ccc(-c3cc(C)cc(Nc4nccc(C(F)(F)F)n4)c3)cn2)CC1.Cc1cc(Nc2nccc(C(F)(F)F)n2)cc(-c2ccc(C(C)(O)C3CCC(C(=O)O)CC3)nc2)c1. The normalized spacial score (nSPS) is 19.8. The van der Waals surface area contributed by atoms with Crippen LogP contribution in [0.5, 0.6) is 0 Å². The summed E-state index contributed by atoms with van der Waals surface area (Å²) in [5, 5.41) is 37.4. The van der Waals surface area contributed by atoms with Gasteiger partial charge in [-0.3, -0.25) is 19.6 Å². The van der Waals surface area contributed by atoms with Crippen molar-refractivity contribution in [2.75, 3.05) is 17.7 Å². The number of halogens is 6. The molecule has 5 N–H and O–H groups in total. The number of carbonyl (C=O) groups is 2. The molecule has 73 heavy (non-hydrogen) atoms. The Bertz CT molecular complexity index is 2880. The molecule has 2 fully saturated rings. The molecular formula is C53H56F6N8O6. The number of ether oxygens (including phenoxy) is 1. The minimum atomic E-state index is -4.57. The molecule has 386 valence electrons. The van der Waals surface area contributed by atoms with Crippen molar-refractivity contribution in [3.63, 3.8) is 0 Å². The predicted octanol–water partition coefficient (Wildman–Crippen LogP) is 11.5. The van der Waals surface area contributed by atoms with Crippen LogP contribution in [-0.4, -0.2) is 64.3 Å². The molecule has 2 unspecified atom stereocenters. The van der Waals surface area contributed by atoms with Crippen molar-refractivity contribution in [2.24, 2.45) is 23.7 Å². The largest absolute Gasteiger partial charge is 0.481 e. The van der Waals surface area contributed by atoms with Crippen molar-refractivity contribution < 1.29 is 56.0 Å². The number of carboxylic acid groups (broad SMARTS) is 1. The van der Waals surface area contributed by atoms with E-state index in [4.69, 9.17) is 4.74 Å². The molecule has 14 nitrogen and oxygen atoms in total. The number of aliphatic carboxylic acids is 1. The summed E-state index contributed by atoms with van der Waals surface area (Å²) in [6, 6.07) is 19.8.